The number of esters is 1. The molecule has 3 nitrogen and oxygen atoms in total. The maximum Gasteiger partial charge on any atom is 0.316 e. The van der Waals surface area contributed by atoms with Gasteiger partial charge in [-0.05, 0) is 20.3 Å². The highest BCUT2D eigenvalue weighted by Gasteiger charge is 2.18. The van der Waals surface area contributed by atoms with E-state index < -0.39 is 11.9 Å². The van der Waals surface area contributed by atoms with Gasteiger partial charge in [0.15, 0.2) is 0 Å². The third kappa shape index (κ3) is 4.11. The number of ketones is 1. The van der Waals surface area contributed by atoms with E-state index in [0.29, 0.717) is 6.61 Å². The fraction of sp³-hybridized carbons (Fsp3) is 0.778. The van der Waals surface area contributed by atoms with Crippen LogP contribution in [0.25, 0.3) is 0 Å². The van der Waals surface area contributed by atoms with E-state index in [-0.39, 0.29) is 5.78 Å². The molecule has 0 aliphatic heterocycles. The van der Waals surface area contributed by atoms with Gasteiger partial charge in [0.25, 0.3) is 0 Å². The highest BCUT2D eigenvalue weighted by molar-refractivity contribution is 5.97. The summed E-state index contributed by atoms with van der Waals surface area (Å²) >= 11 is 0. The van der Waals surface area contributed by atoms with Gasteiger partial charge in [-0.2, -0.15) is 0 Å². The minimum Gasteiger partial charge on any atom is -0.465 e. The Morgan fingerprint density at radius 1 is 1.42 bits per heavy atom. The molecule has 0 bridgehead atoms. The maximum atomic E-state index is 11.0. The van der Waals surface area contributed by atoms with E-state index >= 15 is 0 Å². The lowest BCUT2D eigenvalue weighted by Crippen LogP contribution is -2.21. The van der Waals surface area contributed by atoms with Gasteiger partial charge >= 0.3 is 5.97 Å². The van der Waals surface area contributed by atoms with Crippen molar-refractivity contribution in [3.63, 3.8) is 0 Å². The van der Waals surface area contributed by atoms with Crippen molar-refractivity contribution in [3.05, 3.63) is 0 Å². The van der Waals surface area contributed by atoms with Gasteiger partial charge in [0.1, 0.15) is 11.7 Å². The fourth-order valence-corrected chi connectivity index (χ4v) is 0.608. The van der Waals surface area contributed by atoms with Gasteiger partial charge in [-0.25, -0.2) is 0 Å². The van der Waals surface area contributed by atoms with Crippen LogP contribution in [0, 0.1) is 5.92 Å². The number of carbonyl (C=O) groups is 2. The Balaban J connectivity index is 3.65. The van der Waals surface area contributed by atoms with Gasteiger partial charge in [-0.3, -0.25) is 9.59 Å². The largest absolute Gasteiger partial charge is 0.465 e. The van der Waals surface area contributed by atoms with Crippen LogP contribution < -0.4 is 0 Å². The van der Waals surface area contributed by atoms with E-state index in [4.69, 9.17) is 4.74 Å². The summed E-state index contributed by atoms with van der Waals surface area (Å²) in [5, 5.41) is 0. The summed E-state index contributed by atoms with van der Waals surface area (Å²) in [5.74, 6) is -1.16. The molecule has 70 valence electrons. The Bertz CT molecular complexity index is 163. The number of hydrogen-bond donors (Lipinski definition) is 0. The average molecular weight is 172 g/mol. The van der Waals surface area contributed by atoms with E-state index in [0.717, 1.165) is 12.8 Å². The van der Waals surface area contributed by atoms with Gasteiger partial charge in [-0.1, -0.05) is 13.3 Å². The van der Waals surface area contributed by atoms with Crippen molar-refractivity contribution in [3.8, 4) is 0 Å². The van der Waals surface area contributed by atoms with E-state index in [1.807, 2.05) is 6.92 Å². The zero-order valence-corrected chi connectivity index (χ0v) is 7.92. The molecule has 0 spiro atoms. The summed E-state index contributed by atoms with van der Waals surface area (Å²) < 4.78 is 4.85. The van der Waals surface area contributed by atoms with Gasteiger partial charge in [0.2, 0.25) is 0 Å². The molecule has 0 heterocycles. The summed E-state index contributed by atoms with van der Waals surface area (Å²) in [5.41, 5.74) is 0. The van der Waals surface area contributed by atoms with Crippen LogP contribution in [0.3, 0.4) is 0 Å². The lowest BCUT2D eigenvalue weighted by Gasteiger charge is -2.07. The Labute approximate surface area is 73.1 Å². The number of hydrogen-bond acceptors (Lipinski definition) is 3. The Morgan fingerprint density at radius 2 is 2.00 bits per heavy atom. The number of rotatable bonds is 5. The first-order valence-corrected chi connectivity index (χ1v) is 4.26. The van der Waals surface area contributed by atoms with Gasteiger partial charge in [-0.15, -0.1) is 0 Å². The van der Waals surface area contributed by atoms with Crippen LogP contribution in [-0.4, -0.2) is 18.4 Å². The van der Waals surface area contributed by atoms with Gasteiger partial charge < -0.3 is 4.74 Å². The predicted molar refractivity (Wildman–Crippen MR) is 45.7 cm³/mol. The molecule has 0 radical (unpaired) electrons. The van der Waals surface area contributed by atoms with Crippen LogP contribution in [0.1, 0.15) is 33.6 Å². The normalized spacial score (nSPS) is 12.2. The smallest absolute Gasteiger partial charge is 0.316 e. The first-order chi connectivity index (χ1) is 5.59. The second-order valence-corrected chi connectivity index (χ2v) is 2.85. The first kappa shape index (κ1) is 11.1. The summed E-state index contributed by atoms with van der Waals surface area (Å²) in [6, 6.07) is 0. The van der Waals surface area contributed by atoms with Crippen LogP contribution in [-0.2, 0) is 14.3 Å². The molecule has 0 fully saturated rings. The molecule has 0 saturated heterocycles. The standard InChI is InChI=1S/C9H16O3/c1-4-5-6-12-9(11)7(2)8(3)10/h7H,4-6H2,1-3H3. The predicted octanol–water partition coefficient (Wildman–Crippen LogP) is 1.55. The monoisotopic (exact) mass is 172 g/mol. The molecule has 0 aromatic heterocycles. The summed E-state index contributed by atoms with van der Waals surface area (Å²) in [7, 11) is 0. The molecule has 0 saturated carbocycles. The molecule has 0 aliphatic rings. The number of carbonyl (C=O) groups excluding carboxylic acids is 2. The lowest BCUT2D eigenvalue weighted by molar-refractivity contribution is -0.150. The lowest BCUT2D eigenvalue weighted by atomic mass is 10.1. The van der Waals surface area contributed by atoms with E-state index in [2.05, 4.69) is 0 Å². The van der Waals surface area contributed by atoms with E-state index in [1.54, 1.807) is 6.92 Å². The molecule has 0 rings (SSSR count). The molecule has 0 aromatic rings. The van der Waals surface area contributed by atoms with Crippen LogP contribution in [0.5, 0.6) is 0 Å². The van der Waals surface area contributed by atoms with Crippen molar-refractivity contribution in [1.29, 1.82) is 0 Å². The molecule has 1 unspecified atom stereocenters. The summed E-state index contributed by atoms with van der Waals surface area (Å²) in [4.78, 5) is 21.7. The molecule has 0 amide bonds. The van der Waals surface area contributed by atoms with E-state index in [9.17, 15) is 9.59 Å². The zero-order chi connectivity index (χ0) is 9.56. The van der Waals surface area contributed by atoms with Gasteiger partial charge in [0, 0.05) is 0 Å². The summed E-state index contributed by atoms with van der Waals surface area (Å²) in [6.45, 7) is 5.40. The Hall–Kier alpha value is -0.860. The van der Waals surface area contributed by atoms with Crippen molar-refractivity contribution >= 4 is 11.8 Å². The highest BCUT2D eigenvalue weighted by atomic mass is 16.5. The molecule has 12 heavy (non-hydrogen) atoms. The van der Waals surface area contributed by atoms with Crippen molar-refractivity contribution in [2.24, 2.45) is 5.92 Å². The molecule has 1 atom stereocenters. The SMILES string of the molecule is CCCCOC(=O)C(C)C(C)=O. The average Bonchev–Trinajstić information content (AvgIpc) is 2.03. The maximum absolute atomic E-state index is 11.0. The molecule has 0 aromatic carbocycles. The first-order valence-electron chi connectivity index (χ1n) is 4.26. The summed E-state index contributed by atoms with van der Waals surface area (Å²) in [6.07, 6.45) is 1.85. The quantitative estimate of drug-likeness (QED) is 0.359. The number of ether oxygens (including phenoxy) is 1. The second-order valence-electron chi connectivity index (χ2n) is 2.85. The van der Waals surface area contributed by atoms with Crippen molar-refractivity contribution in [2.75, 3.05) is 6.61 Å². The molecule has 0 aliphatic carbocycles. The zero-order valence-electron chi connectivity index (χ0n) is 7.92. The molecule has 0 N–H and O–H groups in total. The second kappa shape index (κ2) is 5.75. The number of Topliss-reactive ketones (excluding diaryl/α,β-unsaturated/α-hetero) is 1. The molecular weight excluding hydrogens is 156 g/mol. The van der Waals surface area contributed by atoms with Crippen LogP contribution in [0.4, 0.5) is 0 Å². The fourth-order valence-electron chi connectivity index (χ4n) is 0.608. The third-order valence-corrected chi connectivity index (χ3v) is 1.71. The topological polar surface area (TPSA) is 43.4 Å². The minimum atomic E-state index is -0.609. The minimum absolute atomic E-state index is 0.142. The molecular formula is C9H16O3. The van der Waals surface area contributed by atoms with Crippen LogP contribution in [0.15, 0.2) is 0 Å². The van der Waals surface area contributed by atoms with Gasteiger partial charge in [0.05, 0.1) is 6.61 Å². The van der Waals surface area contributed by atoms with E-state index in [1.165, 1.54) is 6.92 Å². The Kier molecular flexibility index (Phi) is 5.34. The molecule has 3 heteroatoms. The van der Waals surface area contributed by atoms with Crippen molar-refractivity contribution < 1.29 is 14.3 Å². The van der Waals surface area contributed by atoms with Crippen molar-refractivity contribution in [2.45, 2.75) is 33.6 Å². The highest BCUT2D eigenvalue weighted by Crippen LogP contribution is 2.00. The third-order valence-electron chi connectivity index (χ3n) is 1.71. The van der Waals surface area contributed by atoms with Crippen LogP contribution in [0.2, 0.25) is 0 Å². The number of unbranched alkanes of at least 4 members (excludes halogenated alkanes) is 1. The Morgan fingerprint density at radius 3 is 2.42 bits per heavy atom. The van der Waals surface area contributed by atoms with Crippen molar-refractivity contribution in [1.82, 2.24) is 0 Å². The van der Waals surface area contributed by atoms with Crippen LogP contribution >= 0.6 is 0 Å².